The van der Waals surface area contributed by atoms with E-state index in [0.717, 1.165) is 28.2 Å². The lowest BCUT2D eigenvalue weighted by atomic mass is 10.0. The number of hydrogen-bond donors (Lipinski definition) is 0. The van der Waals surface area contributed by atoms with Crippen LogP contribution in [0, 0.1) is 0 Å². The van der Waals surface area contributed by atoms with Crippen LogP contribution in [0.3, 0.4) is 0 Å². The average molecular weight is 316 g/mol. The van der Waals surface area contributed by atoms with Crippen LogP contribution >= 0.6 is 0 Å². The third-order valence-electron chi connectivity index (χ3n) is 3.62. The quantitative estimate of drug-likeness (QED) is 0.752. The van der Waals surface area contributed by atoms with Gasteiger partial charge in [0.05, 0.1) is 6.61 Å². The first-order valence-electron chi connectivity index (χ1n) is 7.94. The van der Waals surface area contributed by atoms with Crippen LogP contribution in [-0.4, -0.2) is 13.7 Å². The van der Waals surface area contributed by atoms with Crippen LogP contribution < -0.4 is 0 Å². The summed E-state index contributed by atoms with van der Waals surface area (Å²) in [5.41, 5.74) is 3.21. The fraction of sp³-hybridized carbons (Fsp3) is 0.0909. The SMILES string of the molecule is COC/C=C\C=C1C=C(c2ccccc2)OC(c2ccccc2)=C1. The minimum Gasteiger partial charge on any atom is -0.456 e. The monoisotopic (exact) mass is 316 g/mol. The fourth-order valence-corrected chi connectivity index (χ4v) is 2.44. The van der Waals surface area contributed by atoms with Gasteiger partial charge in [0.2, 0.25) is 0 Å². The third-order valence-corrected chi connectivity index (χ3v) is 3.62. The molecule has 0 fully saturated rings. The van der Waals surface area contributed by atoms with Crippen molar-refractivity contribution >= 4 is 11.5 Å². The highest BCUT2D eigenvalue weighted by atomic mass is 16.5. The molecule has 0 atom stereocenters. The summed E-state index contributed by atoms with van der Waals surface area (Å²) in [4.78, 5) is 0. The second-order valence-corrected chi connectivity index (χ2v) is 5.40. The zero-order valence-corrected chi connectivity index (χ0v) is 13.7. The Kier molecular flexibility index (Phi) is 5.44. The van der Waals surface area contributed by atoms with E-state index in [1.165, 1.54) is 0 Å². The molecule has 2 aromatic rings. The molecule has 0 aliphatic carbocycles. The molecule has 0 bridgehead atoms. The van der Waals surface area contributed by atoms with E-state index in [1.54, 1.807) is 7.11 Å². The van der Waals surface area contributed by atoms with Gasteiger partial charge in [0.25, 0.3) is 0 Å². The van der Waals surface area contributed by atoms with E-state index in [2.05, 4.69) is 42.5 Å². The third kappa shape index (κ3) is 4.12. The van der Waals surface area contributed by atoms with Crippen LogP contribution in [0.4, 0.5) is 0 Å². The Morgan fingerprint density at radius 3 is 1.88 bits per heavy atom. The van der Waals surface area contributed by atoms with E-state index in [4.69, 9.17) is 9.47 Å². The van der Waals surface area contributed by atoms with Gasteiger partial charge in [0, 0.05) is 18.2 Å². The molecule has 1 aliphatic rings. The Morgan fingerprint density at radius 1 is 0.833 bits per heavy atom. The molecule has 0 saturated heterocycles. The van der Waals surface area contributed by atoms with Crippen molar-refractivity contribution in [3.63, 3.8) is 0 Å². The smallest absolute Gasteiger partial charge is 0.135 e. The molecule has 0 saturated carbocycles. The summed E-state index contributed by atoms with van der Waals surface area (Å²) in [5.74, 6) is 1.70. The van der Waals surface area contributed by atoms with Gasteiger partial charge >= 0.3 is 0 Å². The molecule has 3 rings (SSSR count). The van der Waals surface area contributed by atoms with Crippen molar-refractivity contribution in [2.45, 2.75) is 0 Å². The van der Waals surface area contributed by atoms with Gasteiger partial charge < -0.3 is 9.47 Å². The van der Waals surface area contributed by atoms with E-state index in [-0.39, 0.29) is 0 Å². The molecule has 2 nitrogen and oxygen atoms in total. The van der Waals surface area contributed by atoms with Crippen molar-refractivity contribution in [1.29, 1.82) is 0 Å². The summed E-state index contributed by atoms with van der Waals surface area (Å²) in [6.45, 7) is 0.602. The second-order valence-electron chi connectivity index (χ2n) is 5.40. The summed E-state index contributed by atoms with van der Waals surface area (Å²) < 4.78 is 11.2. The first-order chi connectivity index (χ1) is 11.9. The standard InChI is InChI=1S/C22H20O2/c1-23-15-9-8-10-18-16-21(19-11-4-2-5-12-19)24-22(17-18)20-13-6-3-7-14-20/h2-14,16-17H,15H2,1H3/b9-8-. The molecule has 1 heterocycles. The minimum atomic E-state index is 0.602. The molecule has 0 spiro atoms. The van der Waals surface area contributed by atoms with Gasteiger partial charge in [0.15, 0.2) is 0 Å². The lowest BCUT2D eigenvalue weighted by Gasteiger charge is -2.18. The zero-order chi connectivity index (χ0) is 16.6. The predicted octanol–water partition coefficient (Wildman–Crippen LogP) is 5.23. The van der Waals surface area contributed by atoms with Gasteiger partial charge in [-0.05, 0) is 17.7 Å². The van der Waals surface area contributed by atoms with Crippen molar-refractivity contribution in [1.82, 2.24) is 0 Å². The summed E-state index contributed by atoms with van der Waals surface area (Å²) in [6.07, 6.45) is 10.2. The van der Waals surface area contributed by atoms with Crippen LogP contribution in [0.25, 0.3) is 11.5 Å². The first kappa shape index (κ1) is 16.0. The van der Waals surface area contributed by atoms with Crippen molar-refractivity contribution in [2.75, 3.05) is 13.7 Å². The molecule has 0 unspecified atom stereocenters. The van der Waals surface area contributed by atoms with Crippen LogP contribution in [0.5, 0.6) is 0 Å². The Labute approximate surface area is 143 Å². The highest BCUT2D eigenvalue weighted by molar-refractivity contribution is 5.77. The Balaban J connectivity index is 1.95. The van der Waals surface area contributed by atoms with Crippen LogP contribution in [0.1, 0.15) is 11.1 Å². The maximum atomic E-state index is 6.15. The molecular formula is C22H20O2. The Hall–Kier alpha value is -2.84. The lowest BCUT2D eigenvalue weighted by molar-refractivity contribution is 0.234. The van der Waals surface area contributed by atoms with Crippen LogP contribution in [-0.2, 0) is 9.47 Å². The largest absolute Gasteiger partial charge is 0.456 e. The number of rotatable bonds is 5. The van der Waals surface area contributed by atoms with Crippen molar-refractivity contribution in [2.24, 2.45) is 0 Å². The van der Waals surface area contributed by atoms with Gasteiger partial charge in [-0.1, -0.05) is 78.9 Å². The summed E-state index contributed by atoms with van der Waals surface area (Å²) >= 11 is 0. The highest BCUT2D eigenvalue weighted by Crippen LogP contribution is 2.31. The molecule has 0 radical (unpaired) electrons. The van der Waals surface area contributed by atoms with E-state index in [1.807, 2.05) is 48.6 Å². The molecule has 0 aromatic heterocycles. The van der Waals surface area contributed by atoms with Gasteiger partial charge in [-0.3, -0.25) is 0 Å². The second kappa shape index (κ2) is 8.14. The number of methoxy groups -OCH3 is 1. The number of hydrogen-bond acceptors (Lipinski definition) is 2. The number of ether oxygens (including phenoxy) is 2. The molecule has 24 heavy (non-hydrogen) atoms. The molecule has 0 amide bonds. The molecule has 120 valence electrons. The van der Waals surface area contributed by atoms with Gasteiger partial charge in [-0.15, -0.1) is 0 Å². The first-order valence-corrected chi connectivity index (χ1v) is 7.94. The Morgan fingerprint density at radius 2 is 1.38 bits per heavy atom. The maximum absolute atomic E-state index is 6.15. The van der Waals surface area contributed by atoms with E-state index >= 15 is 0 Å². The zero-order valence-electron chi connectivity index (χ0n) is 13.7. The minimum absolute atomic E-state index is 0.602. The number of allylic oxidation sites excluding steroid dienone is 5. The molecule has 2 aromatic carbocycles. The topological polar surface area (TPSA) is 18.5 Å². The summed E-state index contributed by atoms with van der Waals surface area (Å²) in [5, 5.41) is 0. The maximum Gasteiger partial charge on any atom is 0.135 e. The molecule has 0 N–H and O–H groups in total. The highest BCUT2D eigenvalue weighted by Gasteiger charge is 2.14. The van der Waals surface area contributed by atoms with E-state index < -0.39 is 0 Å². The van der Waals surface area contributed by atoms with Gasteiger partial charge in [0.1, 0.15) is 11.5 Å². The normalized spacial score (nSPS) is 14.1. The summed E-state index contributed by atoms with van der Waals surface area (Å²) in [6, 6.07) is 20.3. The molecule has 2 heteroatoms. The summed E-state index contributed by atoms with van der Waals surface area (Å²) in [7, 11) is 1.69. The fourth-order valence-electron chi connectivity index (χ4n) is 2.44. The van der Waals surface area contributed by atoms with Crippen LogP contribution in [0.15, 0.2) is 96.6 Å². The predicted molar refractivity (Wildman–Crippen MR) is 99.0 cm³/mol. The van der Waals surface area contributed by atoms with Crippen LogP contribution in [0.2, 0.25) is 0 Å². The van der Waals surface area contributed by atoms with Crippen molar-refractivity contribution in [3.05, 3.63) is 108 Å². The molecular weight excluding hydrogens is 296 g/mol. The van der Waals surface area contributed by atoms with Gasteiger partial charge in [-0.25, -0.2) is 0 Å². The van der Waals surface area contributed by atoms with Crippen molar-refractivity contribution in [3.8, 4) is 0 Å². The van der Waals surface area contributed by atoms with Crippen molar-refractivity contribution < 1.29 is 9.47 Å². The van der Waals surface area contributed by atoms with E-state index in [9.17, 15) is 0 Å². The lowest BCUT2D eigenvalue weighted by Crippen LogP contribution is -1.99. The van der Waals surface area contributed by atoms with Gasteiger partial charge in [-0.2, -0.15) is 0 Å². The Bertz CT molecular complexity index is 724. The number of benzene rings is 2. The average Bonchev–Trinajstić information content (AvgIpc) is 2.66. The molecule has 1 aliphatic heterocycles. The van der Waals surface area contributed by atoms with E-state index in [0.29, 0.717) is 6.61 Å².